The molecule has 1 atom stereocenters. The first-order valence-corrected chi connectivity index (χ1v) is 6.25. The largest absolute Gasteiger partial charge is 0.327 e. The number of carbonyl (C=O) groups excluding carboxylic acids is 1. The standard InChI is InChI=1S/C13H17N3O2/c1-2-3-5-10-6-4-9-16(10)13(18)11-12(17)15-8-7-14-11/h4,6-8,10H,2-3,5,9H2,1H3,(H,15,17). The average Bonchev–Trinajstić information content (AvgIpc) is 2.84. The van der Waals surface area contributed by atoms with E-state index in [9.17, 15) is 9.59 Å². The van der Waals surface area contributed by atoms with Crippen molar-refractivity contribution in [1.29, 1.82) is 0 Å². The van der Waals surface area contributed by atoms with Crippen LogP contribution in [0, 0.1) is 0 Å². The van der Waals surface area contributed by atoms with Crippen LogP contribution in [0.4, 0.5) is 0 Å². The van der Waals surface area contributed by atoms with Crippen LogP contribution in [0.2, 0.25) is 0 Å². The summed E-state index contributed by atoms with van der Waals surface area (Å²) in [6.07, 6.45) is 9.95. The molecule has 0 fully saturated rings. The summed E-state index contributed by atoms with van der Waals surface area (Å²) in [6, 6.07) is 0.0962. The maximum atomic E-state index is 12.2. The number of carbonyl (C=O) groups is 1. The first-order valence-electron chi connectivity index (χ1n) is 6.25. The minimum absolute atomic E-state index is 0.0253. The smallest absolute Gasteiger partial charge is 0.279 e. The second kappa shape index (κ2) is 5.62. The molecule has 0 aliphatic carbocycles. The summed E-state index contributed by atoms with van der Waals surface area (Å²) in [4.78, 5) is 31.8. The Kier molecular flexibility index (Phi) is 3.92. The molecule has 1 amide bonds. The van der Waals surface area contributed by atoms with Gasteiger partial charge in [-0.3, -0.25) is 9.59 Å². The van der Waals surface area contributed by atoms with E-state index in [0.717, 1.165) is 19.3 Å². The number of nitrogens with one attached hydrogen (secondary N) is 1. The van der Waals surface area contributed by atoms with E-state index >= 15 is 0 Å². The van der Waals surface area contributed by atoms with Gasteiger partial charge in [-0.15, -0.1) is 0 Å². The molecule has 1 unspecified atom stereocenters. The van der Waals surface area contributed by atoms with E-state index in [1.165, 1.54) is 12.4 Å². The Morgan fingerprint density at radius 3 is 3.17 bits per heavy atom. The van der Waals surface area contributed by atoms with Crippen LogP contribution in [0.15, 0.2) is 29.3 Å². The van der Waals surface area contributed by atoms with Crippen LogP contribution in [-0.2, 0) is 0 Å². The molecule has 1 aromatic rings. The van der Waals surface area contributed by atoms with E-state index in [-0.39, 0.29) is 17.6 Å². The molecule has 18 heavy (non-hydrogen) atoms. The minimum atomic E-state index is -0.427. The Bertz CT molecular complexity index is 507. The van der Waals surface area contributed by atoms with Crippen molar-refractivity contribution < 1.29 is 4.79 Å². The normalized spacial score (nSPS) is 18.3. The lowest BCUT2D eigenvalue weighted by atomic mass is 10.1. The predicted octanol–water partition coefficient (Wildman–Crippen LogP) is 1.34. The minimum Gasteiger partial charge on any atom is -0.327 e. The Labute approximate surface area is 106 Å². The number of nitrogens with zero attached hydrogens (tertiary/aromatic N) is 2. The highest BCUT2D eigenvalue weighted by molar-refractivity contribution is 5.92. The summed E-state index contributed by atoms with van der Waals surface area (Å²) in [5.41, 5.74) is -0.452. The van der Waals surface area contributed by atoms with Crippen molar-refractivity contribution in [3.63, 3.8) is 0 Å². The van der Waals surface area contributed by atoms with Gasteiger partial charge >= 0.3 is 0 Å². The van der Waals surface area contributed by atoms with E-state index in [0.29, 0.717) is 6.54 Å². The van der Waals surface area contributed by atoms with E-state index in [1.54, 1.807) is 4.90 Å². The van der Waals surface area contributed by atoms with Crippen molar-refractivity contribution in [1.82, 2.24) is 14.9 Å². The Morgan fingerprint density at radius 1 is 1.61 bits per heavy atom. The van der Waals surface area contributed by atoms with E-state index in [2.05, 4.69) is 16.9 Å². The molecule has 96 valence electrons. The molecular formula is C13H17N3O2. The summed E-state index contributed by atoms with van der Waals surface area (Å²) in [6.45, 7) is 2.68. The Balaban J connectivity index is 2.14. The molecule has 0 saturated heterocycles. The summed E-state index contributed by atoms with van der Waals surface area (Å²) >= 11 is 0. The third-order valence-electron chi connectivity index (χ3n) is 3.09. The number of unbranched alkanes of at least 4 members (excludes halogenated alkanes) is 1. The molecule has 1 aliphatic rings. The van der Waals surface area contributed by atoms with Gasteiger partial charge in [0.25, 0.3) is 11.5 Å². The fourth-order valence-electron chi connectivity index (χ4n) is 2.11. The third kappa shape index (κ3) is 2.50. The first kappa shape index (κ1) is 12.5. The van der Waals surface area contributed by atoms with Crippen molar-refractivity contribution in [2.45, 2.75) is 32.2 Å². The molecule has 1 aliphatic heterocycles. The highest BCUT2D eigenvalue weighted by Crippen LogP contribution is 2.17. The second-order valence-corrected chi connectivity index (χ2v) is 4.36. The van der Waals surface area contributed by atoms with E-state index in [4.69, 9.17) is 0 Å². The van der Waals surface area contributed by atoms with Gasteiger partial charge in [0.2, 0.25) is 0 Å². The van der Waals surface area contributed by atoms with Crippen LogP contribution in [0.1, 0.15) is 36.7 Å². The van der Waals surface area contributed by atoms with Crippen LogP contribution in [0.3, 0.4) is 0 Å². The van der Waals surface area contributed by atoms with Crippen molar-refractivity contribution in [3.05, 3.63) is 40.6 Å². The van der Waals surface area contributed by atoms with Gasteiger partial charge in [0, 0.05) is 18.9 Å². The molecule has 1 aromatic heterocycles. The topological polar surface area (TPSA) is 66.1 Å². The van der Waals surface area contributed by atoms with Gasteiger partial charge < -0.3 is 9.88 Å². The van der Waals surface area contributed by atoms with Crippen LogP contribution in [0.5, 0.6) is 0 Å². The Hall–Kier alpha value is -1.91. The van der Waals surface area contributed by atoms with Crippen molar-refractivity contribution in [2.75, 3.05) is 6.54 Å². The fourth-order valence-corrected chi connectivity index (χ4v) is 2.11. The predicted molar refractivity (Wildman–Crippen MR) is 68.3 cm³/mol. The number of hydrogen-bond acceptors (Lipinski definition) is 3. The van der Waals surface area contributed by atoms with Gasteiger partial charge in [-0.25, -0.2) is 4.98 Å². The summed E-state index contributed by atoms with van der Waals surface area (Å²) in [5.74, 6) is -0.289. The van der Waals surface area contributed by atoms with Crippen LogP contribution >= 0.6 is 0 Å². The monoisotopic (exact) mass is 247 g/mol. The Morgan fingerprint density at radius 2 is 2.44 bits per heavy atom. The number of H-pyrrole nitrogens is 1. The molecular weight excluding hydrogens is 230 g/mol. The molecule has 1 N–H and O–H groups in total. The van der Waals surface area contributed by atoms with E-state index < -0.39 is 5.56 Å². The number of amides is 1. The third-order valence-corrected chi connectivity index (χ3v) is 3.09. The molecule has 0 bridgehead atoms. The SMILES string of the molecule is CCCCC1C=CCN1C(=O)c1ncc[nH]c1=O. The van der Waals surface area contributed by atoms with Gasteiger partial charge in [-0.05, 0) is 6.42 Å². The average molecular weight is 247 g/mol. The van der Waals surface area contributed by atoms with Crippen molar-refractivity contribution >= 4 is 5.91 Å². The van der Waals surface area contributed by atoms with Gasteiger partial charge in [0.15, 0.2) is 5.69 Å². The lowest BCUT2D eigenvalue weighted by Gasteiger charge is -2.23. The first-order chi connectivity index (χ1) is 8.74. The van der Waals surface area contributed by atoms with Crippen LogP contribution in [0.25, 0.3) is 0 Å². The number of rotatable bonds is 4. The number of aromatic amines is 1. The fraction of sp³-hybridized carbons (Fsp3) is 0.462. The molecule has 0 radical (unpaired) electrons. The zero-order valence-corrected chi connectivity index (χ0v) is 10.4. The van der Waals surface area contributed by atoms with E-state index in [1.807, 2.05) is 12.2 Å². The van der Waals surface area contributed by atoms with Gasteiger partial charge in [-0.2, -0.15) is 0 Å². The lowest BCUT2D eigenvalue weighted by Crippen LogP contribution is -2.39. The molecule has 0 aromatic carbocycles. The maximum absolute atomic E-state index is 12.2. The zero-order chi connectivity index (χ0) is 13.0. The van der Waals surface area contributed by atoms with Crippen molar-refractivity contribution in [3.8, 4) is 0 Å². The van der Waals surface area contributed by atoms with Crippen LogP contribution in [-0.4, -0.2) is 33.4 Å². The molecule has 5 heteroatoms. The number of hydrogen-bond donors (Lipinski definition) is 1. The summed E-state index contributed by atoms with van der Waals surface area (Å²) in [5, 5.41) is 0. The molecule has 2 rings (SSSR count). The molecule has 2 heterocycles. The highest BCUT2D eigenvalue weighted by Gasteiger charge is 2.27. The molecule has 0 spiro atoms. The zero-order valence-electron chi connectivity index (χ0n) is 10.4. The van der Waals surface area contributed by atoms with Gasteiger partial charge in [0.05, 0.1) is 6.04 Å². The number of aromatic nitrogens is 2. The quantitative estimate of drug-likeness (QED) is 0.816. The molecule has 0 saturated carbocycles. The highest BCUT2D eigenvalue weighted by atomic mass is 16.2. The van der Waals surface area contributed by atoms with Crippen molar-refractivity contribution in [2.24, 2.45) is 0 Å². The second-order valence-electron chi connectivity index (χ2n) is 4.36. The summed E-state index contributed by atoms with van der Waals surface area (Å²) in [7, 11) is 0. The lowest BCUT2D eigenvalue weighted by molar-refractivity contribution is 0.0735. The van der Waals surface area contributed by atoms with Gasteiger partial charge in [-0.1, -0.05) is 31.9 Å². The summed E-state index contributed by atoms with van der Waals surface area (Å²) < 4.78 is 0. The van der Waals surface area contributed by atoms with Gasteiger partial charge in [0.1, 0.15) is 0 Å². The molecule has 5 nitrogen and oxygen atoms in total. The van der Waals surface area contributed by atoms with Crippen LogP contribution < -0.4 is 5.56 Å². The maximum Gasteiger partial charge on any atom is 0.279 e.